The third-order valence-electron chi connectivity index (χ3n) is 5.19. The summed E-state index contributed by atoms with van der Waals surface area (Å²) in [6.07, 6.45) is 5.43. The van der Waals surface area contributed by atoms with Gasteiger partial charge in [0.05, 0.1) is 7.11 Å². The predicted molar refractivity (Wildman–Crippen MR) is 144 cm³/mol. The molecule has 0 bridgehead atoms. The van der Waals surface area contributed by atoms with E-state index in [9.17, 15) is 4.79 Å². The van der Waals surface area contributed by atoms with Crippen LogP contribution >= 0.6 is 57.9 Å². The van der Waals surface area contributed by atoms with Gasteiger partial charge in [-0.05, 0) is 74.3 Å². The van der Waals surface area contributed by atoms with E-state index in [2.05, 4.69) is 0 Å². The van der Waals surface area contributed by atoms with Crippen molar-refractivity contribution in [3.63, 3.8) is 0 Å². The number of benzene rings is 1. The molecule has 1 aromatic carbocycles. The molecular formula is C25H35Cl3O2S2. The lowest BCUT2D eigenvalue weighted by Gasteiger charge is -2.21. The maximum Gasteiger partial charge on any atom is 0.348 e. The molecule has 0 aliphatic heterocycles. The van der Waals surface area contributed by atoms with E-state index < -0.39 is 0 Å². The minimum absolute atomic E-state index is 0.252. The van der Waals surface area contributed by atoms with Gasteiger partial charge in [-0.2, -0.15) is 0 Å². The van der Waals surface area contributed by atoms with Crippen LogP contribution in [0.4, 0.5) is 0 Å². The van der Waals surface area contributed by atoms with Crippen molar-refractivity contribution in [1.82, 2.24) is 0 Å². The lowest BCUT2D eigenvalue weighted by molar-refractivity contribution is 0.0606. The van der Waals surface area contributed by atoms with Crippen LogP contribution in [-0.4, -0.2) is 24.2 Å². The second kappa shape index (κ2) is 16.3. The zero-order valence-electron chi connectivity index (χ0n) is 19.6. The molecule has 3 rings (SSSR count). The van der Waals surface area contributed by atoms with Crippen molar-refractivity contribution >= 4 is 63.9 Å². The average Bonchev–Trinajstić information content (AvgIpc) is 3.41. The quantitative estimate of drug-likeness (QED) is 0.190. The number of hydrogen-bond donors (Lipinski definition) is 0. The van der Waals surface area contributed by atoms with Gasteiger partial charge < -0.3 is 4.74 Å². The summed E-state index contributed by atoms with van der Waals surface area (Å²) in [6.45, 7) is 8.00. The molecule has 3 unspecified atom stereocenters. The Labute approximate surface area is 217 Å². The standard InChI is InChI=1S/C21H23Cl3O2S2.2C2H6/c1-26-21(25)20-8-6-16(28-20)3-2-4-18-13(5-7-19(18)24)12-27-17-10-14(22)9-15(23)11-17;2*1-2/h6,8-11,13,18-19H,2-5,7,12H2,1H3;2*1-2H3. The first-order valence-electron chi connectivity index (χ1n) is 11.4. The molecule has 0 radical (unpaired) electrons. The summed E-state index contributed by atoms with van der Waals surface area (Å²) in [7, 11) is 1.41. The minimum atomic E-state index is -0.258. The van der Waals surface area contributed by atoms with Crippen LogP contribution < -0.4 is 0 Å². The molecule has 2 nitrogen and oxygen atoms in total. The Morgan fingerprint density at radius 1 is 1.09 bits per heavy atom. The van der Waals surface area contributed by atoms with Gasteiger partial charge in [0.2, 0.25) is 0 Å². The number of carbonyl (C=O) groups excluding carboxylic acids is 1. The van der Waals surface area contributed by atoms with E-state index in [1.54, 1.807) is 6.07 Å². The predicted octanol–water partition coefficient (Wildman–Crippen LogP) is 9.64. The fourth-order valence-corrected chi connectivity index (χ4v) is 7.09. The first-order chi connectivity index (χ1) is 15.5. The third kappa shape index (κ3) is 9.46. The van der Waals surface area contributed by atoms with Crippen LogP contribution in [0.15, 0.2) is 35.2 Å². The smallest absolute Gasteiger partial charge is 0.348 e. The van der Waals surface area contributed by atoms with Crippen LogP contribution in [-0.2, 0) is 11.2 Å². The SMILES string of the molecule is CC.CC.COC(=O)c1ccc(CCCC2C(Cl)CCC2CSc2cc(Cl)cc(Cl)c2)s1. The van der Waals surface area contributed by atoms with Crippen LogP contribution in [0.25, 0.3) is 0 Å². The highest BCUT2D eigenvalue weighted by atomic mass is 35.5. The van der Waals surface area contributed by atoms with Gasteiger partial charge >= 0.3 is 5.97 Å². The number of aryl methyl sites for hydroxylation is 1. The summed E-state index contributed by atoms with van der Waals surface area (Å²) >= 11 is 22.2. The van der Waals surface area contributed by atoms with Crippen LogP contribution in [0.2, 0.25) is 10.0 Å². The summed E-state index contributed by atoms with van der Waals surface area (Å²) in [5, 5.41) is 1.61. The van der Waals surface area contributed by atoms with Crippen molar-refractivity contribution in [2.45, 2.75) is 70.1 Å². The lowest BCUT2D eigenvalue weighted by atomic mass is 9.92. The van der Waals surface area contributed by atoms with Gasteiger partial charge in [-0.1, -0.05) is 50.9 Å². The largest absolute Gasteiger partial charge is 0.465 e. The summed E-state index contributed by atoms with van der Waals surface area (Å²) in [4.78, 5) is 14.6. The van der Waals surface area contributed by atoms with Gasteiger partial charge in [-0.25, -0.2) is 4.79 Å². The van der Waals surface area contributed by atoms with Crippen molar-refractivity contribution in [2.24, 2.45) is 11.8 Å². The number of carbonyl (C=O) groups is 1. The Kier molecular flexibility index (Phi) is 15.1. The number of alkyl halides is 1. The van der Waals surface area contributed by atoms with Crippen LogP contribution in [0.5, 0.6) is 0 Å². The van der Waals surface area contributed by atoms with Gasteiger partial charge in [-0.15, -0.1) is 34.7 Å². The molecule has 2 aromatic rings. The molecule has 0 N–H and O–H groups in total. The highest BCUT2D eigenvalue weighted by Crippen LogP contribution is 2.42. The van der Waals surface area contributed by atoms with E-state index in [-0.39, 0.29) is 11.3 Å². The zero-order valence-corrected chi connectivity index (χ0v) is 23.5. The summed E-state index contributed by atoms with van der Waals surface area (Å²) in [5.41, 5.74) is 0. The van der Waals surface area contributed by atoms with Crippen LogP contribution in [0.3, 0.4) is 0 Å². The fraction of sp³-hybridized carbons (Fsp3) is 0.560. The Hall–Kier alpha value is -0.390. The molecule has 0 spiro atoms. The van der Waals surface area contributed by atoms with E-state index in [4.69, 9.17) is 39.5 Å². The number of thiophene rings is 1. The second-order valence-electron chi connectivity index (χ2n) is 7.08. The van der Waals surface area contributed by atoms with Gasteiger partial charge in [-0.3, -0.25) is 0 Å². The van der Waals surface area contributed by atoms with E-state index in [1.807, 2.05) is 63.7 Å². The molecule has 1 saturated carbocycles. The molecule has 3 atom stereocenters. The monoisotopic (exact) mass is 536 g/mol. The van der Waals surface area contributed by atoms with Gasteiger partial charge in [0.1, 0.15) is 4.88 Å². The highest BCUT2D eigenvalue weighted by molar-refractivity contribution is 7.99. The first kappa shape index (κ1) is 29.6. The van der Waals surface area contributed by atoms with Crippen LogP contribution in [0.1, 0.15) is 67.9 Å². The fourth-order valence-electron chi connectivity index (χ4n) is 3.77. The molecule has 0 amide bonds. The number of rotatable bonds is 8. The Morgan fingerprint density at radius 3 is 2.38 bits per heavy atom. The summed E-state index contributed by atoms with van der Waals surface area (Å²) < 4.78 is 4.78. The Balaban J connectivity index is 0.00000121. The molecule has 32 heavy (non-hydrogen) atoms. The zero-order chi connectivity index (χ0) is 24.1. The number of thioether (sulfide) groups is 1. The van der Waals surface area contributed by atoms with E-state index in [1.165, 1.54) is 29.7 Å². The van der Waals surface area contributed by atoms with E-state index >= 15 is 0 Å². The Bertz CT molecular complexity index is 790. The molecule has 180 valence electrons. The maximum atomic E-state index is 11.6. The molecule has 1 fully saturated rings. The molecule has 1 aromatic heterocycles. The molecule has 1 aliphatic carbocycles. The topological polar surface area (TPSA) is 26.3 Å². The molecule has 7 heteroatoms. The summed E-state index contributed by atoms with van der Waals surface area (Å²) in [5.74, 6) is 1.92. The number of hydrogen-bond acceptors (Lipinski definition) is 4. The van der Waals surface area contributed by atoms with Crippen molar-refractivity contribution in [3.8, 4) is 0 Å². The van der Waals surface area contributed by atoms with Crippen molar-refractivity contribution in [2.75, 3.05) is 12.9 Å². The van der Waals surface area contributed by atoms with Crippen molar-refractivity contribution in [1.29, 1.82) is 0 Å². The number of methoxy groups -OCH3 is 1. The number of halogens is 3. The van der Waals surface area contributed by atoms with Crippen LogP contribution in [0, 0.1) is 11.8 Å². The van der Waals surface area contributed by atoms with Crippen molar-refractivity contribution in [3.05, 3.63) is 50.1 Å². The Morgan fingerprint density at radius 2 is 1.75 bits per heavy atom. The number of ether oxygens (including phenoxy) is 1. The average molecular weight is 538 g/mol. The lowest BCUT2D eigenvalue weighted by Crippen LogP contribution is -2.17. The molecule has 1 aliphatic rings. The minimum Gasteiger partial charge on any atom is -0.465 e. The molecule has 1 heterocycles. The van der Waals surface area contributed by atoms with Gasteiger partial charge in [0.15, 0.2) is 0 Å². The normalized spacial score (nSPS) is 19.4. The molecular weight excluding hydrogens is 503 g/mol. The van der Waals surface area contributed by atoms with E-state index in [0.29, 0.717) is 26.8 Å². The maximum absolute atomic E-state index is 11.6. The van der Waals surface area contributed by atoms with E-state index in [0.717, 1.165) is 36.3 Å². The van der Waals surface area contributed by atoms with Gasteiger partial charge in [0, 0.05) is 30.9 Å². The summed E-state index contributed by atoms with van der Waals surface area (Å²) in [6, 6.07) is 9.57. The van der Waals surface area contributed by atoms with Gasteiger partial charge in [0.25, 0.3) is 0 Å². The number of esters is 1. The van der Waals surface area contributed by atoms with Crippen molar-refractivity contribution < 1.29 is 9.53 Å². The second-order valence-corrected chi connectivity index (χ2v) is 10.8. The first-order valence-corrected chi connectivity index (χ1v) is 14.4. The third-order valence-corrected chi connectivity index (χ3v) is 8.46. The highest BCUT2D eigenvalue weighted by Gasteiger charge is 2.34. The molecule has 0 saturated heterocycles.